The second kappa shape index (κ2) is 10.7. The van der Waals surface area contributed by atoms with Gasteiger partial charge in [-0.25, -0.2) is 13.1 Å². The van der Waals surface area contributed by atoms with Gasteiger partial charge in [0, 0.05) is 31.0 Å². The summed E-state index contributed by atoms with van der Waals surface area (Å²) in [6.45, 7) is 4.79. The summed E-state index contributed by atoms with van der Waals surface area (Å²) in [7, 11) is -3.65. The third kappa shape index (κ3) is 5.85. The van der Waals surface area contributed by atoms with Crippen LogP contribution in [0.25, 0.3) is 11.1 Å². The summed E-state index contributed by atoms with van der Waals surface area (Å²) in [5.74, 6) is -0.319. The van der Waals surface area contributed by atoms with E-state index in [4.69, 9.17) is 0 Å². The van der Waals surface area contributed by atoms with Crippen LogP contribution in [0.5, 0.6) is 0 Å². The van der Waals surface area contributed by atoms with Gasteiger partial charge < -0.3 is 5.32 Å². The van der Waals surface area contributed by atoms with Crippen LogP contribution in [0.3, 0.4) is 0 Å². The minimum absolute atomic E-state index is 0.0747. The number of nitrogens with zero attached hydrogens (tertiary/aromatic N) is 2. The molecule has 0 fully saturated rings. The fraction of sp³-hybridized carbons (Fsp3) is 0.185. The van der Waals surface area contributed by atoms with Gasteiger partial charge in [0.05, 0.1) is 11.4 Å². The Balaban J connectivity index is 1.50. The summed E-state index contributed by atoms with van der Waals surface area (Å²) in [4.78, 5) is 13.1. The van der Waals surface area contributed by atoms with Gasteiger partial charge in [0.25, 0.3) is 5.91 Å². The van der Waals surface area contributed by atoms with Crippen molar-refractivity contribution in [3.63, 3.8) is 0 Å². The molecule has 8 heteroatoms. The van der Waals surface area contributed by atoms with E-state index < -0.39 is 10.0 Å². The van der Waals surface area contributed by atoms with E-state index >= 15 is 0 Å². The summed E-state index contributed by atoms with van der Waals surface area (Å²) in [6.07, 6.45) is 3.69. The van der Waals surface area contributed by atoms with Crippen LogP contribution < -0.4 is 10.0 Å². The minimum atomic E-state index is -3.65. The Bertz CT molecular complexity index is 1410. The first kappa shape index (κ1) is 24.4. The third-order valence-corrected chi connectivity index (χ3v) is 7.27. The summed E-state index contributed by atoms with van der Waals surface area (Å²) in [6, 6.07) is 22.7. The molecule has 1 heterocycles. The number of sulfonamides is 1. The van der Waals surface area contributed by atoms with Crippen LogP contribution >= 0.6 is 0 Å². The second-order valence-electron chi connectivity index (χ2n) is 8.22. The molecule has 0 aliphatic rings. The van der Waals surface area contributed by atoms with E-state index in [9.17, 15) is 13.2 Å². The Morgan fingerprint density at radius 1 is 1.00 bits per heavy atom. The predicted octanol–water partition coefficient (Wildman–Crippen LogP) is 4.14. The molecule has 0 spiro atoms. The molecule has 0 atom stereocenters. The van der Waals surface area contributed by atoms with Crippen molar-refractivity contribution in [2.45, 2.75) is 31.8 Å². The van der Waals surface area contributed by atoms with Crippen LogP contribution in [0.2, 0.25) is 0 Å². The molecule has 4 rings (SSSR count). The van der Waals surface area contributed by atoms with E-state index in [2.05, 4.69) is 39.4 Å². The number of amides is 1. The van der Waals surface area contributed by atoms with Crippen LogP contribution in [0, 0.1) is 6.92 Å². The lowest BCUT2D eigenvalue weighted by atomic mass is 9.98. The van der Waals surface area contributed by atoms with Crippen molar-refractivity contribution in [2.75, 3.05) is 6.54 Å². The maximum atomic E-state index is 13.0. The molecule has 0 aliphatic heterocycles. The molecule has 0 unspecified atom stereocenters. The van der Waals surface area contributed by atoms with Gasteiger partial charge in [-0.15, -0.1) is 0 Å². The predicted molar refractivity (Wildman–Crippen MR) is 136 cm³/mol. The van der Waals surface area contributed by atoms with Crippen LogP contribution in [0.15, 0.2) is 90.1 Å². The van der Waals surface area contributed by atoms with Crippen molar-refractivity contribution in [1.82, 2.24) is 19.8 Å². The topological polar surface area (TPSA) is 93.1 Å². The number of rotatable bonds is 9. The maximum absolute atomic E-state index is 13.0. The zero-order valence-corrected chi connectivity index (χ0v) is 20.5. The van der Waals surface area contributed by atoms with Gasteiger partial charge in [-0.3, -0.25) is 9.48 Å². The lowest BCUT2D eigenvalue weighted by Crippen LogP contribution is -2.26. The number of benzene rings is 3. The monoisotopic (exact) mass is 488 g/mol. The quantitative estimate of drug-likeness (QED) is 0.370. The number of nitrogens with one attached hydrogen (secondary N) is 2. The third-order valence-electron chi connectivity index (χ3n) is 5.72. The van der Waals surface area contributed by atoms with E-state index in [-0.39, 0.29) is 17.3 Å². The molecule has 0 bridgehead atoms. The molecular formula is C27H28N4O3S. The molecule has 1 amide bonds. The number of aryl methyl sites for hydroxylation is 1. The van der Waals surface area contributed by atoms with Gasteiger partial charge in [-0.2, -0.15) is 5.10 Å². The highest BCUT2D eigenvalue weighted by molar-refractivity contribution is 7.89. The molecular weight excluding hydrogens is 460 g/mol. The number of hydrogen-bond acceptors (Lipinski definition) is 4. The number of hydrogen-bond donors (Lipinski definition) is 2. The maximum Gasteiger partial charge on any atom is 0.251 e. The van der Waals surface area contributed by atoms with E-state index in [1.54, 1.807) is 26.1 Å². The SMILES string of the molecule is CCNS(=O)(=O)c1ccc(C)c(C(=O)NCc2ccccc2-c2ccc(Cn3cccn3)cc2)c1. The highest BCUT2D eigenvalue weighted by atomic mass is 32.2. The summed E-state index contributed by atoms with van der Waals surface area (Å²) >= 11 is 0. The van der Waals surface area contributed by atoms with Crippen molar-refractivity contribution >= 4 is 15.9 Å². The van der Waals surface area contributed by atoms with Crippen LogP contribution in [-0.2, 0) is 23.1 Å². The van der Waals surface area contributed by atoms with Crippen LogP contribution in [0.4, 0.5) is 0 Å². The largest absolute Gasteiger partial charge is 0.348 e. The summed E-state index contributed by atoms with van der Waals surface area (Å²) in [5.41, 5.74) is 5.23. The average Bonchev–Trinajstić information content (AvgIpc) is 3.36. The van der Waals surface area contributed by atoms with Gasteiger partial charge in [0.1, 0.15) is 0 Å². The lowest BCUT2D eigenvalue weighted by Gasteiger charge is -2.13. The summed E-state index contributed by atoms with van der Waals surface area (Å²) < 4.78 is 29.1. The smallest absolute Gasteiger partial charge is 0.251 e. The Labute approximate surface area is 205 Å². The van der Waals surface area contributed by atoms with Crippen LogP contribution in [0.1, 0.15) is 34.0 Å². The van der Waals surface area contributed by atoms with E-state index in [0.717, 1.165) is 22.3 Å². The first-order valence-corrected chi connectivity index (χ1v) is 12.9. The standard InChI is InChI=1S/C27H28N4O3S/c1-3-30-35(33,34)24-14-9-20(2)26(17-24)27(32)28-18-23-7-4-5-8-25(23)22-12-10-21(11-13-22)19-31-16-6-15-29-31/h4-17,30H,3,18-19H2,1-2H3,(H,28,32). The lowest BCUT2D eigenvalue weighted by molar-refractivity contribution is 0.0950. The van der Waals surface area contributed by atoms with Gasteiger partial charge >= 0.3 is 0 Å². The molecule has 2 N–H and O–H groups in total. The molecule has 0 saturated carbocycles. The fourth-order valence-corrected chi connectivity index (χ4v) is 4.95. The zero-order chi connectivity index (χ0) is 24.8. The normalized spacial score (nSPS) is 11.4. The highest BCUT2D eigenvalue weighted by Crippen LogP contribution is 2.25. The summed E-state index contributed by atoms with van der Waals surface area (Å²) in [5, 5.41) is 7.20. The van der Waals surface area contributed by atoms with Crippen molar-refractivity contribution in [1.29, 1.82) is 0 Å². The number of carbonyl (C=O) groups excluding carboxylic acids is 1. The van der Waals surface area contributed by atoms with Gasteiger partial charge in [-0.1, -0.05) is 61.5 Å². The van der Waals surface area contributed by atoms with Crippen molar-refractivity contribution < 1.29 is 13.2 Å². The Morgan fingerprint density at radius 2 is 1.77 bits per heavy atom. The van der Waals surface area contributed by atoms with Gasteiger partial charge in [0.2, 0.25) is 10.0 Å². The van der Waals surface area contributed by atoms with Crippen molar-refractivity contribution in [3.8, 4) is 11.1 Å². The Hall–Kier alpha value is -3.75. The van der Waals surface area contributed by atoms with Crippen LogP contribution in [-0.4, -0.2) is 30.7 Å². The first-order valence-electron chi connectivity index (χ1n) is 11.4. The molecule has 1 aromatic heterocycles. The van der Waals surface area contributed by atoms with Crippen molar-refractivity contribution in [3.05, 3.63) is 107 Å². The molecule has 4 aromatic rings. The average molecular weight is 489 g/mol. The molecule has 0 saturated heterocycles. The van der Waals surface area contributed by atoms with Crippen molar-refractivity contribution in [2.24, 2.45) is 0 Å². The highest BCUT2D eigenvalue weighted by Gasteiger charge is 2.17. The molecule has 180 valence electrons. The Kier molecular flexibility index (Phi) is 7.43. The number of aromatic nitrogens is 2. The Morgan fingerprint density at radius 3 is 2.49 bits per heavy atom. The van der Waals surface area contributed by atoms with Gasteiger partial charge in [0.15, 0.2) is 0 Å². The molecule has 7 nitrogen and oxygen atoms in total. The zero-order valence-electron chi connectivity index (χ0n) is 19.7. The molecule has 0 aliphatic carbocycles. The van der Waals surface area contributed by atoms with E-state index in [0.29, 0.717) is 24.2 Å². The first-order chi connectivity index (χ1) is 16.9. The van der Waals surface area contributed by atoms with E-state index in [1.165, 1.54) is 12.1 Å². The molecule has 35 heavy (non-hydrogen) atoms. The van der Waals surface area contributed by atoms with E-state index in [1.807, 2.05) is 41.2 Å². The second-order valence-corrected chi connectivity index (χ2v) is 9.99. The minimum Gasteiger partial charge on any atom is -0.348 e. The van der Waals surface area contributed by atoms with Gasteiger partial charge in [-0.05, 0) is 52.9 Å². The fourth-order valence-electron chi connectivity index (χ4n) is 3.88. The molecule has 0 radical (unpaired) electrons. The number of carbonyl (C=O) groups is 1. The molecule has 3 aromatic carbocycles.